The summed E-state index contributed by atoms with van der Waals surface area (Å²) < 4.78 is 21.0. The highest BCUT2D eigenvalue weighted by Gasteiger charge is 2.63. The van der Waals surface area contributed by atoms with Gasteiger partial charge in [0, 0.05) is 16.8 Å². The van der Waals surface area contributed by atoms with Gasteiger partial charge in [-0.3, -0.25) is 0 Å². The average Bonchev–Trinajstić information content (AvgIpc) is 3.24. The predicted molar refractivity (Wildman–Crippen MR) is 128 cm³/mol. The summed E-state index contributed by atoms with van der Waals surface area (Å²) in [5.41, 5.74) is 2.25. The monoisotopic (exact) mass is 477 g/mol. The summed E-state index contributed by atoms with van der Waals surface area (Å²) in [5, 5.41) is -0.818. The lowest BCUT2D eigenvalue weighted by Crippen LogP contribution is -2.52. The van der Waals surface area contributed by atoms with E-state index < -0.39 is 28.1 Å². The first-order chi connectivity index (χ1) is 16.5. The maximum absolute atomic E-state index is 13.6. The van der Waals surface area contributed by atoms with Crippen LogP contribution < -0.4 is 14.4 Å². The van der Waals surface area contributed by atoms with E-state index in [1.165, 1.54) is 26.0 Å². The molecule has 174 valence electrons. The molecule has 0 aromatic heterocycles. The highest BCUT2D eigenvalue weighted by Crippen LogP contribution is 2.63. The lowest BCUT2D eigenvalue weighted by Gasteiger charge is -2.40. The molecule has 3 aromatic carbocycles. The minimum Gasteiger partial charge on any atom is -0.497 e. The van der Waals surface area contributed by atoms with Crippen LogP contribution in [0.15, 0.2) is 72.8 Å². The fourth-order valence-corrected chi connectivity index (χ4v) is 6.56. The lowest BCUT2D eigenvalue weighted by atomic mass is 9.80. The van der Waals surface area contributed by atoms with Gasteiger partial charge in [0.1, 0.15) is 22.0 Å². The number of esters is 2. The molecule has 3 aromatic rings. The number of carbonyl (C=O) groups excluding carboxylic acids is 2. The Morgan fingerprint density at radius 3 is 1.91 bits per heavy atom. The van der Waals surface area contributed by atoms with E-state index in [-0.39, 0.29) is 0 Å². The van der Waals surface area contributed by atoms with Crippen LogP contribution >= 0.6 is 11.8 Å². The van der Waals surface area contributed by atoms with E-state index in [2.05, 4.69) is 0 Å². The van der Waals surface area contributed by atoms with Crippen LogP contribution in [0.25, 0.3) is 0 Å². The van der Waals surface area contributed by atoms with E-state index in [1.54, 1.807) is 24.1 Å². The number of thioether (sulfide) groups is 1. The summed E-state index contributed by atoms with van der Waals surface area (Å²) in [6.07, 6.45) is 0. The maximum atomic E-state index is 13.6. The zero-order chi connectivity index (χ0) is 23.9. The number of anilines is 1. The van der Waals surface area contributed by atoms with Gasteiger partial charge in [0.2, 0.25) is 0 Å². The molecule has 0 saturated carbocycles. The number of fused-ring (bicyclic) bond motifs is 4. The van der Waals surface area contributed by atoms with Gasteiger partial charge in [0.25, 0.3) is 0 Å². The summed E-state index contributed by atoms with van der Waals surface area (Å²) in [6, 6.07) is 21.5. The molecule has 0 unspecified atom stereocenters. The summed E-state index contributed by atoms with van der Waals surface area (Å²) in [7, 11) is 4.29. The van der Waals surface area contributed by atoms with Gasteiger partial charge < -0.3 is 23.8 Å². The molecular formula is C26H23NO6S. The Kier molecular flexibility index (Phi) is 5.61. The minimum atomic E-state index is -0.989. The van der Waals surface area contributed by atoms with Gasteiger partial charge >= 0.3 is 11.9 Å². The van der Waals surface area contributed by atoms with Crippen molar-refractivity contribution in [3.63, 3.8) is 0 Å². The van der Waals surface area contributed by atoms with Crippen LogP contribution in [0.4, 0.5) is 5.69 Å². The Bertz CT molecular complexity index is 1200. The second kappa shape index (κ2) is 8.61. The topological polar surface area (TPSA) is 74.3 Å². The van der Waals surface area contributed by atoms with Crippen molar-refractivity contribution in [2.24, 2.45) is 0 Å². The zero-order valence-electron chi connectivity index (χ0n) is 18.9. The van der Waals surface area contributed by atoms with E-state index in [4.69, 9.17) is 18.9 Å². The summed E-state index contributed by atoms with van der Waals surface area (Å²) in [5.74, 6) is 0.983. The molecule has 8 heteroatoms. The molecule has 0 aliphatic carbocycles. The maximum Gasteiger partial charge on any atom is 0.339 e. The number of methoxy groups -OCH3 is 3. The first kappa shape index (κ1) is 22.2. The molecule has 1 spiro atoms. The first-order valence-electron chi connectivity index (χ1n) is 10.7. The molecule has 5 rings (SSSR count). The fraction of sp³-hybridized carbons (Fsp3) is 0.231. The highest BCUT2D eigenvalue weighted by atomic mass is 32.2. The number of hydrogen-bond donors (Lipinski definition) is 0. The van der Waals surface area contributed by atoms with Gasteiger partial charge in [-0.1, -0.05) is 36.4 Å². The largest absolute Gasteiger partial charge is 0.497 e. The Balaban J connectivity index is 1.81. The fourth-order valence-electron chi connectivity index (χ4n) is 4.73. The molecule has 2 atom stereocenters. The number of rotatable bonds is 4. The van der Waals surface area contributed by atoms with Crippen LogP contribution in [0.5, 0.6) is 17.2 Å². The SMILES string of the molecule is COC(=O)[C@H]1SC2(c3ccccc3Oc3ccccc32)[C@@H](C(=O)OC)N1c1ccc(OC)cc1. The van der Waals surface area contributed by atoms with Crippen molar-refractivity contribution in [3.8, 4) is 17.2 Å². The second-order valence-electron chi connectivity index (χ2n) is 7.85. The van der Waals surface area contributed by atoms with Gasteiger partial charge in [0.05, 0.1) is 21.3 Å². The summed E-state index contributed by atoms with van der Waals surface area (Å²) in [6.45, 7) is 0. The van der Waals surface area contributed by atoms with Gasteiger partial charge in [-0.2, -0.15) is 0 Å². The number of nitrogens with zero attached hydrogens (tertiary/aromatic N) is 1. The number of hydrogen-bond acceptors (Lipinski definition) is 8. The van der Waals surface area contributed by atoms with Crippen molar-refractivity contribution in [2.45, 2.75) is 16.2 Å². The average molecular weight is 478 g/mol. The van der Waals surface area contributed by atoms with Crippen LogP contribution in [-0.4, -0.2) is 44.7 Å². The number of carbonyl (C=O) groups is 2. The quantitative estimate of drug-likeness (QED) is 0.514. The third-order valence-corrected chi connectivity index (χ3v) is 7.88. The van der Waals surface area contributed by atoms with E-state index in [9.17, 15) is 9.59 Å². The number of benzene rings is 3. The predicted octanol–water partition coefficient (Wildman–Crippen LogP) is 4.34. The van der Waals surface area contributed by atoms with Crippen LogP contribution in [-0.2, 0) is 23.8 Å². The molecule has 0 bridgehead atoms. The standard InChI is InChI=1S/C26H23NO6S/c1-30-17-14-12-16(13-15-17)27-22(24(28)31-2)26(34-23(27)25(29)32-3)18-8-4-6-10-20(18)33-21-11-7-5-9-19(21)26/h4-15,22-23H,1-3H3/t22-,23-/m1/s1. The van der Waals surface area contributed by atoms with E-state index in [0.717, 1.165) is 11.1 Å². The van der Waals surface area contributed by atoms with E-state index in [1.807, 2.05) is 60.7 Å². The van der Waals surface area contributed by atoms with Gasteiger partial charge in [-0.15, -0.1) is 11.8 Å². The second-order valence-corrected chi connectivity index (χ2v) is 9.18. The van der Waals surface area contributed by atoms with E-state index in [0.29, 0.717) is 22.9 Å². The highest BCUT2D eigenvalue weighted by molar-refractivity contribution is 8.02. The molecule has 1 saturated heterocycles. The van der Waals surface area contributed by atoms with Crippen molar-refractivity contribution in [1.82, 2.24) is 0 Å². The van der Waals surface area contributed by atoms with E-state index >= 15 is 0 Å². The van der Waals surface area contributed by atoms with Crippen molar-refractivity contribution in [2.75, 3.05) is 26.2 Å². The van der Waals surface area contributed by atoms with Crippen LogP contribution in [0.3, 0.4) is 0 Å². The lowest BCUT2D eigenvalue weighted by molar-refractivity contribution is -0.143. The number of para-hydroxylation sites is 2. The molecular weight excluding hydrogens is 454 g/mol. The minimum absolute atomic E-state index is 0.465. The molecule has 7 nitrogen and oxygen atoms in total. The zero-order valence-corrected chi connectivity index (χ0v) is 19.7. The summed E-state index contributed by atoms with van der Waals surface area (Å²) >= 11 is 1.36. The number of ether oxygens (including phenoxy) is 4. The smallest absolute Gasteiger partial charge is 0.339 e. The Morgan fingerprint density at radius 2 is 1.38 bits per heavy atom. The molecule has 2 aliphatic rings. The van der Waals surface area contributed by atoms with Crippen LogP contribution in [0.2, 0.25) is 0 Å². The normalized spacial score (nSPS) is 19.6. The van der Waals surface area contributed by atoms with Gasteiger partial charge in [0.15, 0.2) is 11.4 Å². The third-order valence-electron chi connectivity index (χ3n) is 6.21. The third kappa shape index (κ3) is 3.20. The molecule has 34 heavy (non-hydrogen) atoms. The van der Waals surface area contributed by atoms with Crippen LogP contribution in [0.1, 0.15) is 11.1 Å². The Hall–Kier alpha value is -3.65. The molecule has 0 radical (unpaired) electrons. The first-order valence-corrected chi connectivity index (χ1v) is 11.6. The van der Waals surface area contributed by atoms with Crippen molar-refractivity contribution >= 4 is 29.4 Å². The Labute approximate surface area is 201 Å². The van der Waals surface area contributed by atoms with Crippen molar-refractivity contribution in [1.29, 1.82) is 0 Å². The summed E-state index contributed by atoms with van der Waals surface area (Å²) in [4.78, 5) is 28.5. The molecule has 2 heterocycles. The molecule has 2 aliphatic heterocycles. The van der Waals surface area contributed by atoms with Gasteiger partial charge in [-0.25, -0.2) is 9.59 Å². The van der Waals surface area contributed by atoms with Crippen LogP contribution in [0, 0.1) is 0 Å². The van der Waals surface area contributed by atoms with Crippen molar-refractivity contribution < 1.29 is 28.5 Å². The van der Waals surface area contributed by atoms with Gasteiger partial charge in [-0.05, 0) is 36.4 Å². The van der Waals surface area contributed by atoms with Crippen molar-refractivity contribution in [3.05, 3.63) is 83.9 Å². The Morgan fingerprint density at radius 1 is 0.824 bits per heavy atom. The molecule has 0 N–H and O–H groups in total. The molecule has 1 fully saturated rings. The molecule has 0 amide bonds.